The van der Waals surface area contributed by atoms with Crippen molar-refractivity contribution in [1.29, 1.82) is 5.26 Å². The number of pyridine rings is 1. The van der Waals surface area contributed by atoms with E-state index in [1.807, 2.05) is 0 Å². The van der Waals surface area contributed by atoms with Crippen LogP contribution in [-0.2, 0) is 0 Å². The number of rotatable bonds is 1. The van der Waals surface area contributed by atoms with Crippen LogP contribution < -0.4 is 0 Å². The first-order chi connectivity index (χ1) is 9.20. The Bertz CT molecular complexity index is 817. The van der Waals surface area contributed by atoms with Gasteiger partial charge in [-0.25, -0.2) is 18.3 Å². The fourth-order valence-electron chi connectivity index (χ4n) is 1.88. The molecule has 92 valence electrons. The molecule has 2 heterocycles. The van der Waals surface area contributed by atoms with Gasteiger partial charge in [-0.05, 0) is 24.3 Å². The quantitative estimate of drug-likeness (QED) is 0.672. The molecule has 0 unspecified atom stereocenters. The summed E-state index contributed by atoms with van der Waals surface area (Å²) < 4.78 is 28.8. The fraction of sp³-hybridized carbons (Fsp3) is 0. The van der Waals surface area contributed by atoms with Crippen molar-refractivity contribution < 1.29 is 8.78 Å². The molecule has 0 saturated heterocycles. The number of fused-ring (bicyclic) bond motifs is 1. The second-order valence-electron chi connectivity index (χ2n) is 3.87. The van der Waals surface area contributed by atoms with Crippen molar-refractivity contribution in [1.82, 2.24) is 14.6 Å². The molecule has 19 heavy (non-hydrogen) atoms. The van der Waals surface area contributed by atoms with Gasteiger partial charge in [0.15, 0.2) is 5.65 Å². The molecule has 0 amide bonds. The van der Waals surface area contributed by atoms with Gasteiger partial charge in [-0.2, -0.15) is 10.4 Å². The highest BCUT2D eigenvalue weighted by Crippen LogP contribution is 2.24. The highest BCUT2D eigenvalue weighted by molar-refractivity contribution is 5.64. The van der Waals surface area contributed by atoms with Crippen LogP contribution in [0.25, 0.3) is 16.9 Å². The predicted octanol–water partition coefficient (Wildman–Crippen LogP) is 2.55. The summed E-state index contributed by atoms with van der Waals surface area (Å²) >= 11 is 0. The molecule has 0 N–H and O–H groups in total. The minimum absolute atomic E-state index is 0.0880. The molecule has 0 saturated carbocycles. The summed E-state index contributed by atoms with van der Waals surface area (Å²) in [7, 11) is 0. The zero-order valence-electron chi connectivity index (χ0n) is 9.51. The zero-order valence-corrected chi connectivity index (χ0v) is 9.51. The molecule has 2 aromatic heterocycles. The molecule has 6 heteroatoms. The minimum atomic E-state index is -0.698. The Balaban J connectivity index is 2.30. The molecule has 3 rings (SSSR count). The lowest BCUT2D eigenvalue weighted by molar-refractivity contribution is 0.615. The number of benzene rings is 1. The van der Waals surface area contributed by atoms with Gasteiger partial charge in [-0.3, -0.25) is 0 Å². The van der Waals surface area contributed by atoms with E-state index in [-0.39, 0.29) is 11.3 Å². The monoisotopic (exact) mass is 256 g/mol. The summed E-state index contributed by atoms with van der Waals surface area (Å²) in [6, 6.07) is 8.33. The van der Waals surface area contributed by atoms with Gasteiger partial charge in [0.2, 0.25) is 0 Å². The van der Waals surface area contributed by atoms with Crippen LogP contribution in [0.5, 0.6) is 0 Å². The summed E-state index contributed by atoms with van der Waals surface area (Å²) in [5, 5.41) is 12.6. The van der Waals surface area contributed by atoms with Crippen LogP contribution in [0.2, 0.25) is 0 Å². The molecular weight excluding hydrogens is 250 g/mol. The van der Waals surface area contributed by atoms with Crippen LogP contribution in [0.4, 0.5) is 8.78 Å². The van der Waals surface area contributed by atoms with Crippen molar-refractivity contribution >= 4 is 5.65 Å². The van der Waals surface area contributed by atoms with Gasteiger partial charge in [0.05, 0.1) is 5.56 Å². The largest absolute Gasteiger partial charge is 0.215 e. The highest BCUT2D eigenvalue weighted by atomic mass is 19.1. The fourth-order valence-corrected chi connectivity index (χ4v) is 1.88. The van der Waals surface area contributed by atoms with E-state index in [1.54, 1.807) is 6.07 Å². The second kappa shape index (κ2) is 4.14. The Hall–Kier alpha value is -2.81. The van der Waals surface area contributed by atoms with Crippen LogP contribution in [0.3, 0.4) is 0 Å². The van der Waals surface area contributed by atoms with E-state index >= 15 is 0 Å². The maximum atomic E-state index is 13.9. The third-order valence-corrected chi connectivity index (χ3v) is 2.75. The highest BCUT2D eigenvalue weighted by Gasteiger charge is 2.13. The molecule has 1 aromatic carbocycles. The molecular formula is C13H6F2N4. The molecule has 0 bridgehead atoms. The average molecular weight is 256 g/mol. The number of nitrogens with zero attached hydrogens (tertiary/aromatic N) is 4. The number of aromatic nitrogens is 3. The molecule has 0 aliphatic carbocycles. The van der Waals surface area contributed by atoms with Crippen molar-refractivity contribution in [3.8, 4) is 17.3 Å². The van der Waals surface area contributed by atoms with Gasteiger partial charge in [0.1, 0.15) is 29.7 Å². The molecule has 0 aliphatic heterocycles. The van der Waals surface area contributed by atoms with E-state index in [0.29, 0.717) is 11.2 Å². The van der Waals surface area contributed by atoms with Crippen molar-refractivity contribution in [2.75, 3.05) is 0 Å². The van der Waals surface area contributed by atoms with Gasteiger partial charge in [-0.1, -0.05) is 6.07 Å². The van der Waals surface area contributed by atoms with Gasteiger partial charge in [0.25, 0.3) is 0 Å². The summed E-state index contributed by atoms with van der Waals surface area (Å²) in [6.45, 7) is 0. The van der Waals surface area contributed by atoms with E-state index in [9.17, 15) is 8.78 Å². The lowest BCUT2D eigenvalue weighted by Gasteiger charge is -2.06. The molecule has 0 radical (unpaired) electrons. The van der Waals surface area contributed by atoms with E-state index in [2.05, 4.69) is 10.1 Å². The summed E-state index contributed by atoms with van der Waals surface area (Å²) in [5.74, 6) is -1.24. The van der Waals surface area contributed by atoms with Crippen molar-refractivity contribution in [2.24, 2.45) is 0 Å². The third kappa shape index (κ3) is 1.72. The van der Waals surface area contributed by atoms with Crippen molar-refractivity contribution in [2.45, 2.75) is 0 Å². The first-order valence-electron chi connectivity index (χ1n) is 5.39. The first-order valence-corrected chi connectivity index (χ1v) is 5.39. The van der Waals surface area contributed by atoms with Crippen LogP contribution in [-0.4, -0.2) is 14.6 Å². The Morgan fingerprint density at radius 2 is 1.95 bits per heavy atom. The zero-order chi connectivity index (χ0) is 13.4. The standard InChI is InChI=1S/C13H6F2N4/c14-10-3-4-12-17-7-18-19(12)13(10)8-1-2-9(6-16)11(15)5-8/h1-5,7H. The maximum absolute atomic E-state index is 13.9. The Labute approximate surface area is 106 Å². The summed E-state index contributed by atoms with van der Waals surface area (Å²) in [4.78, 5) is 3.94. The number of hydrogen-bond donors (Lipinski definition) is 0. The topological polar surface area (TPSA) is 54.0 Å². The Morgan fingerprint density at radius 3 is 2.68 bits per heavy atom. The molecule has 0 atom stereocenters. The van der Waals surface area contributed by atoms with E-state index < -0.39 is 11.6 Å². The smallest absolute Gasteiger partial charge is 0.156 e. The third-order valence-electron chi connectivity index (χ3n) is 2.75. The van der Waals surface area contributed by atoms with E-state index in [4.69, 9.17) is 5.26 Å². The molecule has 3 aromatic rings. The SMILES string of the molecule is N#Cc1ccc(-c2c(F)ccc3ncnn23)cc1F. The van der Waals surface area contributed by atoms with Crippen LogP contribution in [0.1, 0.15) is 5.56 Å². The molecule has 0 aliphatic rings. The number of nitriles is 1. The Kier molecular flexibility index (Phi) is 2.46. The van der Waals surface area contributed by atoms with Crippen molar-refractivity contribution in [3.05, 3.63) is 53.9 Å². The maximum Gasteiger partial charge on any atom is 0.156 e. The van der Waals surface area contributed by atoms with Gasteiger partial charge >= 0.3 is 0 Å². The van der Waals surface area contributed by atoms with E-state index in [1.165, 1.54) is 35.1 Å². The predicted molar refractivity (Wildman–Crippen MR) is 63.1 cm³/mol. The molecule has 4 nitrogen and oxygen atoms in total. The van der Waals surface area contributed by atoms with Crippen LogP contribution in [0, 0.1) is 23.0 Å². The van der Waals surface area contributed by atoms with E-state index in [0.717, 1.165) is 6.07 Å². The lowest BCUT2D eigenvalue weighted by atomic mass is 10.1. The first kappa shape index (κ1) is 11.3. The summed E-state index contributed by atoms with van der Waals surface area (Å²) in [6.07, 6.45) is 1.29. The van der Waals surface area contributed by atoms with Gasteiger partial charge in [0, 0.05) is 5.56 Å². The molecule has 0 fully saturated rings. The normalized spacial score (nSPS) is 10.6. The van der Waals surface area contributed by atoms with Gasteiger partial charge in [-0.15, -0.1) is 0 Å². The number of hydrogen-bond acceptors (Lipinski definition) is 3. The minimum Gasteiger partial charge on any atom is -0.215 e. The lowest BCUT2D eigenvalue weighted by Crippen LogP contribution is -1.98. The second-order valence-corrected chi connectivity index (χ2v) is 3.87. The van der Waals surface area contributed by atoms with Crippen LogP contribution >= 0.6 is 0 Å². The average Bonchev–Trinajstić information content (AvgIpc) is 2.86. The summed E-state index contributed by atoms with van der Waals surface area (Å²) in [5.41, 5.74) is 0.777. The van der Waals surface area contributed by atoms with Crippen molar-refractivity contribution in [3.63, 3.8) is 0 Å². The molecule has 0 spiro atoms. The number of halogens is 2. The Morgan fingerprint density at radius 1 is 1.11 bits per heavy atom. The van der Waals surface area contributed by atoms with Gasteiger partial charge < -0.3 is 0 Å². The van der Waals surface area contributed by atoms with Crippen LogP contribution in [0.15, 0.2) is 36.7 Å².